The van der Waals surface area contributed by atoms with Gasteiger partial charge in [0.25, 0.3) is 0 Å². The van der Waals surface area contributed by atoms with Crippen molar-refractivity contribution >= 4 is 29.2 Å². The molecule has 0 aliphatic carbocycles. The molecule has 76 valence electrons. The fourth-order valence-electron chi connectivity index (χ4n) is 0.881. The Balaban J connectivity index is 3.22. The molecule has 1 rings (SSSR count). The molecule has 1 aromatic rings. The highest BCUT2D eigenvalue weighted by atomic mass is 35.5. The van der Waals surface area contributed by atoms with E-state index in [1.807, 2.05) is 0 Å². The maximum Gasteiger partial charge on any atom is 0.337 e. The number of benzene rings is 1. The molecule has 0 heterocycles. The number of carboxylic acid groups (broad SMARTS) is 1. The van der Waals surface area contributed by atoms with E-state index >= 15 is 0 Å². The second-order valence-corrected chi connectivity index (χ2v) is 3.34. The van der Waals surface area contributed by atoms with Gasteiger partial charge in [-0.05, 0) is 12.1 Å². The van der Waals surface area contributed by atoms with E-state index < -0.39 is 23.5 Å². The number of aliphatic hydroxyl groups is 1. The number of carboxylic acids is 1. The van der Waals surface area contributed by atoms with Gasteiger partial charge in [0.05, 0.1) is 10.0 Å². The van der Waals surface area contributed by atoms with Gasteiger partial charge >= 0.3 is 5.97 Å². The number of carbonyl (C=O) groups is 1. The third-order valence-corrected chi connectivity index (χ3v) is 2.29. The highest BCUT2D eigenvalue weighted by molar-refractivity contribution is 6.42. The van der Waals surface area contributed by atoms with Gasteiger partial charge in [0.1, 0.15) is 5.82 Å². The lowest BCUT2D eigenvalue weighted by atomic mass is 10.1. The molecule has 1 atom stereocenters. The molecular formula is C8H5Cl2FO3. The normalized spacial score (nSPS) is 12.6. The van der Waals surface area contributed by atoms with Crippen LogP contribution in [0.3, 0.4) is 0 Å². The third kappa shape index (κ3) is 2.15. The Morgan fingerprint density at radius 1 is 1.36 bits per heavy atom. The number of hydrogen-bond donors (Lipinski definition) is 2. The lowest BCUT2D eigenvalue weighted by molar-refractivity contribution is -0.147. The first-order valence-corrected chi connectivity index (χ1v) is 4.24. The van der Waals surface area contributed by atoms with Gasteiger partial charge in [-0.3, -0.25) is 0 Å². The van der Waals surface area contributed by atoms with Crippen LogP contribution in [0.1, 0.15) is 11.7 Å². The molecule has 0 unspecified atom stereocenters. The number of rotatable bonds is 2. The van der Waals surface area contributed by atoms with Crippen molar-refractivity contribution in [3.05, 3.63) is 33.6 Å². The average molecular weight is 239 g/mol. The van der Waals surface area contributed by atoms with Crippen LogP contribution in [-0.2, 0) is 4.79 Å². The molecule has 14 heavy (non-hydrogen) atoms. The van der Waals surface area contributed by atoms with Crippen LogP contribution in [0.4, 0.5) is 4.39 Å². The van der Waals surface area contributed by atoms with E-state index in [2.05, 4.69) is 0 Å². The highest BCUT2D eigenvalue weighted by Crippen LogP contribution is 2.28. The van der Waals surface area contributed by atoms with Crippen molar-refractivity contribution in [1.82, 2.24) is 0 Å². The van der Waals surface area contributed by atoms with Crippen molar-refractivity contribution in [2.75, 3.05) is 0 Å². The van der Waals surface area contributed by atoms with Crippen LogP contribution in [0, 0.1) is 5.82 Å². The van der Waals surface area contributed by atoms with Crippen LogP contribution < -0.4 is 0 Å². The topological polar surface area (TPSA) is 57.5 Å². The maximum atomic E-state index is 13.1. The highest BCUT2D eigenvalue weighted by Gasteiger charge is 2.21. The van der Waals surface area contributed by atoms with Crippen molar-refractivity contribution in [3.63, 3.8) is 0 Å². The average Bonchev–Trinajstić information content (AvgIpc) is 2.10. The summed E-state index contributed by atoms with van der Waals surface area (Å²) in [6.45, 7) is 0. The fourth-order valence-corrected chi connectivity index (χ4v) is 1.20. The van der Waals surface area contributed by atoms with Gasteiger partial charge in [-0.25, -0.2) is 9.18 Å². The van der Waals surface area contributed by atoms with Crippen molar-refractivity contribution in [2.24, 2.45) is 0 Å². The number of aliphatic hydroxyl groups excluding tert-OH is 1. The predicted molar refractivity (Wildman–Crippen MR) is 49.0 cm³/mol. The molecule has 6 heteroatoms. The third-order valence-electron chi connectivity index (χ3n) is 1.57. The standard InChI is InChI=1S/C8H5Cl2FO3/c9-4-1-3(7(12)8(13)14)6(11)2-5(4)10/h1-2,7,12H,(H,13,14)/t7-/m1/s1. The van der Waals surface area contributed by atoms with E-state index in [4.69, 9.17) is 33.4 Å². The Morgan fingerprint density at radius 2 is 1.86 bits per heavy atom. The smallest absolute Gasteiger partial charge is 0.337 e. The Labute approximate surface area is 88.7 Å². The lowest BCUT2D eigenvalue weighted by Gasteiger charge is -2.08. The molecule has 0 saturated heterocycles. The molecule has 0 aliphatic rings. The lowest BCUT2D eigenvalue weighted by Crippen LogP contribution is -2.12. The van der Waals surface area contributed by atoms with E-state index in [1.165, 1.54) is 0 Å². The summed E-state index contributed by atoms with van der Waals surface area (Å²) in [5, 5.41) is 17.4. The Kier molecular flexibility index (Phi) is 3.31. The van der Waals surface area contributed by atoms with Crippen LogP contribution in [0.2, 0.25) is 10.0 Å². The monoisotopic (exact) mass is 238 g/mol. The summed E-state index contributed by atoms with van der Waals surface area (Å²) in [5.74, 6) is -2.46. The van der Waals surface area contributed by atoms with Gasteiger partial charge in [0, 0.05) is 5.56 Å². The van der Waals surface area contributed by atoms with Crippen LogP contribution in [0.25, 0.3) is 0 Å². The van der Waals surface area contributed by atoms with E-state index in [1.54, 1.807) is 0 Å². The molecule has 0 radical (unpaired) electrons. The molecule has 0 spiro atoms. The minimum absolute atomic E-state index is 0.0108. The first-order valence-electron chi connectivity index (χ1n) is 3.48. The number of aliphatic carboxylic acids is 1. The quantitative estimate of drug-likeness (QED) is 0.778. The van der Waals surface area contributed by atoms with Gasteiger partial charge in [0.15, 0.2) is 6.10 Å². The van der Waals surface area contributed by atoms with Crippen LogP contribution in [0.5, 0.6) is 0 Å². The van der Waals surface area contributed by atoms with Crippen molar-refractivity contribution in [2.45, 2.75) is 6.10 Å². The molecule has 0 aliphatic heterocycles. The molecule has 2 N–H and O–H groups in total. The zero-order chi connectivity index (χ0) is 10.9. The summed E-state index contributed by atoms with van der Waals surface area (Å²) >= 11 is 11.0. The minimum atomic E-state index is -1.94. The summed E-state index contributed by atoms with van der Waals surface area (Å²) in [7, 11) is 0. The van der Waals surface area contributed by atoms with Gasteiger partial charge < -0.3 is 10.2 Å². The summed E-state index contributed by atoms with van der Waals surface area (Å²) in [5.41, 5.74) is -0.410. The van der Waals surface area contributed by atoms with Crippen LogP contribution >= 0.6 is 23.2 Å². The summed E-state index contributed by atoms with van der Waals surface area (Å²) in [6.07, 6.45) is -1.94. The molecule has 3 nitrogen and oxygen atoms in total. The first-order chi connectivity index (χ1) is 6.43. The molecule has 0 bridgehead atoms. The summed E-state index contributed by atoms with van der Waals surface area (Å²) in [6, 6.07) is 1.84. The second kappa shape index (κ2) is 4.13. The van der Waals surface area contributed by atoms with Crippen LogP contribution in [-0.4, -0.2) is 16.2 Å². The van der Waals surface area contributed by atoms with Crippen molar-refractivity contribution in [1.29, 1.82) is 0 Å². The summed E-state index contributed by atoms with van der Waals surface area (Å²) in [4.78, 5) is 10.4. The molecule has 0 saturated carbocycles. The van der Waals surface area contributed by atoms with Crippen molar-refractivity contribution < 1.29 is 19.4 Å². The van der Waals surface area contributed by atoms with E-state index in [0.29, 0.717) is 0 Å². The van der Waals surface area contributed by atoms with Gasteiger partial charge in [-0.1, -0.05) is 23.2 Å². The van der Waals surface area contributed by atoms with Gasteiger partial charge in [0.2, 0.25) is 0 Å². The molecule has 0 fully saturated rings. The Morgan fingerprint density at radius 3 is 2.36 bits per heavy atom. The zero-order valence-corrected chi connectivity index (χ0v) is 8.18. The van der Waals surface area contributed by atoms with E-state index in [-0.39, 0.29) is 10.0 Å². The van der Waals surface area contributed by atoms with E-state index in [9.17, 15) is 9.18 Å². The second-order valence-electron chi connectivity index (χ2n) is 2.53. The zero-order valence-electron chi connectivity index (χ0n) is 6.67. The molecule has 0 amide bonds. The maximum absolute atomic E-state index is 13.1. The minimum Gasteiger partial charge on any atom is -0.479 e. The summed E-state index contributed by atoms with van der Waals surface area (Å²) < 4.78 is 13.1. The number of halogens is 3. The Bertz CT molecular complexity index is 381. The molecule has 0 aromatic heterocycles. The van der Waals surface area contributed by atoms with Gasteiger partial charge in [-0.15, -0.1) is 0 Å². The fraction of sp³-hybridized carbons (Fsp3) is 0.125. The number of hydrogen-bond acceptors (Lipinski definition) is 2. The molecular weight excluding hydrogens is 234 g/mol. The molecule has 1 aromatic carbocycles. The Hall–Kier alpha value is -0.840. The first kappa shape index (κ1) is 11.2. The largest absolute Gasteiger partial charge is 0.479 e. The van der Waals surface area contributed by atoms with Crippen LogP contribution in [0.15, 0.2) is 12.1 Å². The SMILES string of the molecule is O=C(O)[C@H](O)c1cc(Cl)c(Cl)cc1F. The van der Waals surface area contributed by atoms with Crippen molar-refractivity contribution in [3.8, 4) is 0 Å². The van der Waals surface area contributed by atoms with E-state index in [0.717, 1.165) is 12.1 Å². The van der Waals surface area contributed by atoms with Gasteiger partial charge in [-0.2, -0.15) is 0 Å². The predicted octanol–water partition coefficient (Wildman–Crippen LogP) is 2.25.